The van der Waals surface area contributed by atoms with E-state index >= 15 is 0 Å². The molecule has 0 saturated heterocycles. The molecule has 26 heavy (non-hydrogen) atoms. The van der Waals surface area contributed by atoms with Gasteiger partial charge in [-0.25, -0.2) is 0 Å². The Balaban J connectivity index is 1.76. The number of fused-ring (bicyclic) bond motifs is 2. The quantitative estimate of drug-likeness (QED) is 0.834. The largest absolute Gasteiger partial charge is 0.485 e. The average molecular weight is 364 g/mol. The van der Waals surface area contributed by atoms with Crippen LogP contribution < -0.4 is 4.74 Å². The second kappa shape index (κ2) is 6.46. The number of aliphatic hydroxyl groups excluding tert-OH is 1. The molecule has 2 aliphatic heterocycles. The van der Waals surface area contributed by atoms with Crippen molar-refractivity contribution in [3.05, 3.63) is 64.7 Å². The first-order valence-electron chi connectivity index (χ1n) is 8.70. The van der Waals surface area contributed by atoms with Gasteiger partial charge >= 0.3 is 0 Å². The number of thioether (sulfide) groups is 1. The van der Waals surface area contributed by atoms with Gasteiger partial charge < -0.3 is 9.84 Å². The van der Waals surface area contributed by atoms with Crippen molar-refractivity contribution < 1.29 is 9.84 Å². The molecular formula is C21H20N2O2S. The standard InChI is InChI=1S/C21H20N2O2S/c1-21(2)19(24)18(16-11-13(12-22)7-8-17(16)25-21)26-20-15-6-4-3-5-14(15)9-10-23-20/h3-8,11,18-19,24H,9-10H2,1-2H3/t18-,19+/m1/s1. The highest BCUT2D eigenvalue weighted by Gasteiger charge is 2.44. The molecule has 2 aromatic rings. The summed E-state index contributed by atoms with van der Waals surface area (Å²) in [6, 6.07) is 15.9. The van der Waals surface area contributed by atoms with Crippen LogP contribution >= 0.6 is 11.8 Å². The van der Waals surface area contributed by atoms with E-state index in [1.54, 1.807) is 17.8 Å². The molecule has 1 N–H and O–H groups in total. The Kier molecular flexibility index (Phi) is 4.26. The van der Waals surface area contributed by atoms with Crippen LogP contribution in [0.5, 0.6) is 5.75 Å². The van der Waals surface area contributed by atoms with Crippen LogP contribution in [0.15, 0.2) is 47.5 Å². The molecule has 0 saturated carbocycles. The lowest BCUT2D eigenvalue weighted by Crippen LogP contribution is -2.48. The van der Waals surface area contributed by atoms with E-state index < -0.39 is 11.7 Å². The third kappa shape index (κ3) is 2.90. The van der Waals surface area contributed by atoms with E-state index in [2.05, 4.69) is 18.2 Å². The molecule has 4 rings (SSSR count). The van der Waals surface area contributed by atoms with Crippen molar-refractivity contribution in [2.45, 2.75) is 37.2 Å². The first-order chi connectivity index (χ1) is 12.5. The number of ether oxygens (including phenoxy) is 1. The van der Waals surface area contributed by atoms with E-state index in [0.29, 0.717) is 5.56 Å². The summed E-state index contributed by atoms with van der Waals surface area (Å²) in [6.45, 7) is 4.54. The molecule has 0 amide bonds. The van der Waals surface area contributed by atoms with Gasteiger partial charge in [-0.3, -0.25) is 4.99 Å². The summed E-state index contributed by atoms with van der Waals surface area (Å²) in [6.07, 6.45) is 0.225. The maximum Gasteiger partial charge on any atom is 0.131 e. The van der Waals surface area contributed by atoms with Gasteiger partial charge in [0.1, 0.15) is 17.5 Å². The lowest BCUT2D eigenvalue weighted by molar-refractivity contribution is -0.0428. The van der Waals surface area contributed by atoms with E-state index in [0.717, 1.165) is 34.9 Å². The maximum absolute atomic E-state index is 11.0. The molecule has 0 unspecified atom stereocenters. The molecule has 0 fully saturated rings. The number of aliphatic imine (C=N–C) groups is 1. The number of aliphatic hydroxyl groups is 1. The highest BCUT2D eigenvalue weighted by atomic mass is 32.2. The van der Waals surface area contributed by atoms with Crippen LogP contribution in [0.25, 0.3) is 0 Å². The Labute approximate surface area is 157 Å². The minimum absolute atomic E-state index is 0.244. The summed E-state index contributed by atoms with van der Waals surface area (Å²) >= 11 is 1.57. The van der Waals surface area contributed by atoms with Gasteiger partial charge in [0.05, 0.1) is 21.9 Å². The van der Waals surface area contributed by atoms with Crippen LogP contribution in [0, 0.1) is 11.3 Å². The summed E-state index contributed by atoms with van der Waals surface area (Å²) in [4.78, 5) is 4.73. The Bertz CT molecular complexity index is 930. The maximum atomic E-state index is 11.0. The Morgan fingerprint density at radius 2 is 2.08 bits per heavy atom. The molecule has 0 spiro atoms. The van der Waals surface area contributed by atoms with Gasteiger partial charge in [0, 0.05) is 17.7 Å². The molecule has 132 valence electrons. The van der Waals surface area contributed by atoms with Crippen molar-refractivity contribution in [3.8, 4) is 11.8 Å². The summed E-state index contributed by atoms with van der Waals surface area (Å²) in [5.41, 5.74) is 3.13. The van der Waals surface area contributed by atoms with E-state index in [-0.39, 0.29) is 5.25 Å². The summed E-state index contributed by atoms with van der Waals surface area (Å²) in [5.74, 6) is 0.724. The van der Waals surface area contributed by atoms with Crippen LogP contribution in [0.2, 0.25) is 0 Å². The first-order valence-corrected chi connectivity index (χ1v) is 9.58. The Morgan fingerprint density at radius 1 is 1.27 bits per heavy atom. The second-order valence-electron chi connectivity index (χ2n) is 7.15. The molecule has 0 aromatic heterocycles. The first kappa shape index (κ1) is 17.1. The van der Waals surface area contributed by atoms with Gasteiger partial charge in [0.2, 0.25) is 0 Å². The van der Waals surface area contributed by atoms with Crippen molar-refractivity contribution in [1.82, 2.24) is 0 Å². The molecule has 0 radical (unpaired) electrons. The molecule has 4 nitrogen and oxygen atoms in total. The van der Waals surface area contributed by atoms with Crippen molar-refractivity contribution in [3.63, 3.8) is 0 Å². The fourth-order valence-corrected chi connectivity index (χ4v) is 4.97. The monoisotopic (exact) mass is 364 g/mol. The number of rotatable bonds is 1. The molecule has 0 bridgehead atoms. The number of nitrogens with zero attached hydrogens (tertiary/aromatic N) is 2. The normalized spacial score (nSPS) is 23.1. The van der Waals surface area contributed by atoms with Crippen molar-refractivity contribution in [2.24, 2.45) is 4.99 Å². The topological polar surface area (TPSA) is 65.6 Å². The average Bonchev–Trinajstić information content (AvgIpc) is 2.65. The Morgan fingerprint density at radius 3 is 2.88 bits per heavy atom. The van der Waals surface area contributed by atoms with Gasteiger partial charge in [-0.2, -0.15) is 5.26 Å². The molecule has 5 heteroatoms. The van der Waals surface area contributed by atoms with Gasteiger partial charge in [-0.05, 0) is 44.0 Å². The van der Waals surface area contributed by atoms with Crippen LogP contribution in [0.3, 0.4) is 0 Å². The number of hydrogen-bond acceptors (Lipinski definition) is 5. The number of hydrogen-bond donors (Lipinski definition) is 1. The zero-order chi connectivity index (χ0) is 18.3. The van der Waals surface area contributed by atoms with E-state index in [4.69, 9.17) is 9.73 Å². The van der Waals surface area contributed by atoms with Crippen molar-refractivity contribution in [2.75, 3.05) is 6.54 Å². The van der Waals surface area contributed by atoms with Crippen LogP contribution in [-0.4, -0.2) is 28.4 Å². The second-order valence-corrected chi connectivity index (χ2v) is 8.28. The Hall–Kier alpha value is -2.29. The fraction of sp³-hybridized carbons (Fsp3) is 0.333. The fourth-order valence-electron chi connectivity index (χ4n) is 3.47. The van der Waals surface area contributed by atoms with E-state index in [9.17, 15) is 10.4 Å². The predicted octanol–water partition coefficient (Wildman–Crippen LogP) is 3.87. The van der Waals surface area contributed by atoms with Gasteiger partial charge in [-0.15, -0.1) is 0 Å². The van der Waals surface area contributed by atoms with Crippen LogP contribution in [-0.2, 0) is 6.42 Å². The van der Waals surface area contributed by atoms with Crippen molar-refractivity contribution in [1.29, 1.82) is 5.26 Å². The molecule has 2 aromatic carbocycles. The summed E-state index contributed by atoms with van der Waals surface area (Å²) in [5, 5.41) is 21.0. The van der Waals surface area contributed by atoms with Crippen LogP contribution in [0.1, 0.15) is 41.4 Å². The minimum atomic E-state index is -0.717. The molecular weight excluding hydrogens is 344 g/mol. The van der Waals surface area contributed by atoms with Crippen LogP contribution in [0.4, 0.5) is 0 Å². The third-order valence-corrected chi connectivity index (χ3v) is 6.28. The smallest absolute Gasteiger partial charge is 0.131 e. The summed E-state index contributed by atoms with van der Waals surface area (Å²) < 4.78 is 6.01. The van der Waals surface area contributed by atoms with Gasteiger partial charge in [0.15, 0.2) is 0 Å². The molecule has 2 aliphatic rings. The van der Waals surface area contributed by atoms with Gasteiger partial charge in [0.25, 0.3) is 0 Å². The predicted molar refractivity (Wildman–Crippen MR) is 104 cm³/mol. The number of benzene rings is 2. The van der Waals surface area contributed by atoms with Gasteiger partial charge in [-0.1, -0.05) is 36.0 Å². The highest BCUT2D eigenvalue weighted by Crippen LogP contribution is 2.48. The third-order valence-electron chi connectivity index (χ3n) is 4.94. The zero-order valence-electron chi connectivity index (χ0n) is 14.8. The molecule has 2 atom stereocenters. The minimum Gasteiger partial charge on any atom is -0.485 e. The highest BCUT2D eigenvalue weighted by molar-refractivity contribution is 8.14. The SMILES string of the molecule is CC1(C)Oc2ccc(C#N)cc2[C@@H](SC2=NCCc3ccccc32)[C@@H]1O. The molecule has 2 heterocycles. The van der Waals surface area contributed by atoms with E-state index in [1.807, 2.05) is 38.1 Å². The zero-order valence-corrected chi connectivity index (χ0v) is 15.6. The summed E-state index contributed by atoms with van der Waals surface area (Å²) in [7, 11) is 0. The van der Waals surface area contributed by atoms with Crippen molar-refractivity contribution >= 4 is 16.8 Å². The lowest BCUT2D eigenvalue weighted by Gasteiger charge is -2.42. The van der Waals surface area contributed by atoms with E-state index in [1.165, 1.54) is 5.56 Å². The lowest BCUT2D eigenvalue weighted by atomic mass is 9.90. The molecule has 0 aliphatic carbocycles. The number of nitriles is 1.